The molecule has 4 heteroatoms. The van der Waals surface area contributed by atoms with Crippen LogP contribution in [0.4, 0.5) is 0 Å². The molecule has 0 saturated heterocycles. The molecule has 0 aromatic carbocycles. The summed E-state index contributed by atoms with van der Waals surface area (Å²) >= 11 is 0. The first-order chi connectivity index (χ1) is 6.36. The van der Waals surface area contributed by atoms with Gasteiger partial charge in [-0.15, -0.1) is 0 Å². The second kappa shape index (κ2) is 3.35. The van der Waals surface area contributed by atoms with Crippen LogP contribution in [0, 0.1) is 0 Å². The molecule has 1 aromatic heterocycles. The zero-order chi connectivity index (χ0) is 9.10. The van der Waals surface area contributed by atoms with E-state index < -0.39 is 0 Å². The third-order valence-electron chi connectivity index (χ3n) is 1.81. The number of aromatic nitrogens is 1. The van der Waals surface area contributed by atoms with Crippen LogP contribution in [0.2, 0.25) is 0 Å². The topological polar surface area (TPSA) is 45.6 Å². The van der Waals surface area contributed by atoms with E-state index in [1.165, 1.54) is 5.01 Å². The lowest BCUT2D eigenvalue weighted by Gasteiger charge is -2.10. The number of carbonyl (C=O) groups excluding carboxylic acids is 1. The average molecular weight is 175 g/mol. The summed E-state index contributed by atoms with van der Waals surface area (Å²) < 4.78 is 0. The van der Waals surface area contributed by atoms with Crippen molar-refractivity contribution in [2.45, 2.75) is 13.0 Å². The molecular formula is C9H9N3O. The number of hydrazone groups is 1. The molecule has 1 amide bonds. The molecule has 2 heterocycles. The second-order valence-corrected chi connectivity index (χ2v) is 2.77. The SMILES string of the molecule is O=C1CC=NN1Cc1ccccn1. The molecule has 0 atom stereocenters. The lowest BCUT2D eigenvalue weighted by atomic mass is 10.3. The molecule has 0 spiro atoms. The summed E-state index contributed by atoms with van der Waals surface area (Å²) in [6.07, 6.45) is 3.73. The summed E-state index contributed by atoms with van der Waals surface area (Å²) in [5.74, 6) is 0.0330. The quantitative estimate of drug-likeness (QED) is 0.667. The lowest BCUT2D eigenvalue weighted by molar-refractivity contribution is -0.129. The van der Waals surface area contributed by atoms with Crippen molar-refractivity contribution in [1.29, 1.82) is 0 Å². The first kappa shape index (κ1) is 7.91. The largest absolute Gasteiger partial charge is 0.273 e. The number of amides is 1. The zero-order valence-corrected chi connectivity index (χ0v) is 7.05. The first-order valence-corrected chi connectivity index (χ1v) is 4.09. The predicted octanol–water partition coefficient (Wildman–Crippen LogP) is 0.800. The van der Waals surface area contributed by atoms with Gasteiger partial charge in [0.2, 0.25) is 5.91 Å². The van der Waals surface area contributed by atoms with E-state index in [0.717, 1.165) is 5.69 Å². The van der Waals surface area contributed by atoms with E-state index in [2.05, 4.69) is 10.1 Å². The van der Waals surface area contributed by atoms with Crippen LogP contribution in [0.15, 0.2) is 29.5 Å². The maximum atomic E-state index is 11.2. The van der Waals surface area contributed by atoms with Crippen molar-refractivity contribution in [3.8, 4) is 0 Å². The number of carbonyl (C=O) groups is 1. The molecule has 1 aliphatic heterocycles. The van der Waals surface area contributed by atoms with Crippen LogP contribution in [0.3, 0.4) is 0 Å². The molecular weight excluding hydrogens is 166 g/mol. The molecule has 0 aliphatic carbocycles. The van der Waals surface area contributed by atoms with Crippen LogP contribution in [0.1, 0.15) is 12.1 Å². The van der Waals surface area contributed by atoms with Gasteiger partial charge in [-0.25, -0.2) is 5.01 Å². The van der Waals surface area contributed by atoms with Gasteiger partial charge in [0.1, 0.15) is 0 Å². The molecule has 0 bridgehead atoms. The molecule has 0 unspecified atom stereocenters. The smallest absolute Gasteiger partial charge is 0.248 e. The standard InChI is InChI=1S/C9H9N3O/c13-9-4-6-11-12(9)7-8-3-1-2-5-10-8/h1-3,5-6H,4,7H2. The normalized spacial score (nSPS) is 15.4. The Hall–Kier alpha value is -1.71. The average Bonchev–Trinajstić information content (AvgIpc) is 2.54. The summed E-state index contributed by atoms with van der Waals surface area (Å²) in [5.41, 5.74) is 0.856. The summed E-state index contributed by atoms with van der Waals surface area (Å²) in [6, 6.07) is 5.62. The minimum atomic E-state index is 0.0330. The van der Waals surface area contributed by atoms with Crippen molar-refractivity contribution in [1.82, 2.24) is 9.99 Å². The fourth-order valence-electron chi connectivity index (χ4n) is 1.16. The van der Waals surface area contributed by atoms with Crippen LogP contribution < -0.4 is 0 Å². The van der Waals surface area contributed by atoms with Gasteiger partial charge >= 0.3 is 0 Å². The fraction of sp³-hybridized carbons (Fsp3) is 0.222. The highest BCUT2D eigenvalue weighted by Crippen LogP contribution is 2.07. The minimum Gasteiger partial charge on any atom is -0.273 e. The van der Waals surface area contributed by atoms with Gasteiger partial charge in [-0.05, 0) is 12.1 Å². The van der Waals surface area contributed by atoms with Crippen molar-refractivity contribution in [3.63, 3.8) is 0 Å². The molecule has 1 aliphatic rings. The highest BCUT2D eigenvalue weighted by molar-refractivity contribution is 5.93. The zero-order valence-electron chi connectivity index (χ0n) is 7.05. The van der Waals surface area contributed by atoms with Crippen molar-refractivity contribution in [3.05, 3.63) is 30.1 Å². The van der Waals surface area contributed by atoms with Gasteiger partial charge in [-0.3, -0.25) is 9.78 Å². The van der Waals surface area contributed by atoms with E-state index in [0.29, 0.717) is 13.0 Å². The van der Waals surface area contributed by atoms with Gasteiger partial charge in [0, 0.05) is 12.4 Å². The number of hydrogen-bond acceptors (Lipinski definition) is 3. The molecule has 2 rings (SSSR count). The highest BCUT2D eigenvalue weighted by atomic mass is 16.2. The van der Waals surface area contributed by atoms with Gasteiger partial charge in [0.05, 0.1) is 18.7 Å². The molecule has 1 aromatic rings. The van der Waals surface area contributed by atoms with Gasteiger partial charge in [-0.2, -0.15) is 5.10 Å². The Kier molecular flexibility index (Phi) is 2.04. The summed E-state index contributed by atoms with van der Waals surface area (Å²) in [6.45, 7) is 0.468. The lowest BCUT2D eigenvalue weighted by Crippen LogP contribution is -2.20. The molecule has 0 fully saturated rings. The highest BCUT2D eigenvalue weighted by Gasteiger charge is 2.16. The Labute approximate surface area is 75.9 Å². The maximum Gasteiger partial charge on any atom is 0.248 e. The van der Waals surface area contributed by atoms with Gasteiger partial charge < -0.3 is 0 Å². The van der Waals surface area contributed by atoms with Crippen LogP contribution in [0.5, 0.6) is 0 Å². The Morgan fingerprint density at radius 3 is 3.00 bits per heavy atom. The molecule has 0 saturated carbocycles. The first-order valence-electron chi connectivity index (χ1n) is 4.09. The van der Waals surface area contributed by atoms with E-state index >= 15 is 0 Å². The third-order valence-corrected chi connectivity index (χ3v) is 1.81. The number of pyridine rings is 1. The van der Waals surface area contributed by atoms with Gasteiger partial charge in [0.15, 0.2) is 0 Å². The van der Waals surface area contributed by atoms with Crippen molar-refractivity contribution >= 4 is 12.1 Å². The Morgan fingerprint density at radius 2 is 2.38 bits per heavy atom. The summed E-state index contributed by atoms with van der Waals surface area (Å²) in [4.78, 5) is 15.3. The summed E-state index contributed by atoms with van der Waals surface area (Å²) in [5, 5.41) is 5.36. The minimum absolute atomic E-state index is 0.0330. The van der Waals surface area contributed by atoms with E-state index in [9.17, 15) is 4.79 Å². The molecule has 66 valence electrons. The monoisotopic (exact) mass is 175 g/mol. The Balaban J connectivity index is 2.06. The third kappa shape index (κ3) is 1.72. The fourth-order valence-corrected chi connectivity index (χ4v) is 1.16. The molecule has 4 nitrogen and oxygen atoms in total. The van der Waals surface area contributed by atoms with Crippen LogP contribution in [0.25, 0.3) is 0 Å². The maximum absolute atomic E-state index is 11.2. The number of rotatable bonds is 2. The van der Waals surface area contributed by atoms with Crippen molar-refractivity contribution in [2.75, 3.05) is 0 Å². The van der Waals surface area contributed by atoms with Crippen LogP contribution >= 0.6 is 0 Å². The van der Waals surface area contributed by atoms with Crippen LogP contribution in [-0.2, 0) is 11.3 Å². The summed E-state index contributed by atoms with van der Waals surface area (Å²) in [7, 11) is 0. The van der Waals surface area contributed by atoms with E-state index in [1.54, 1.807) is 12.4 Å². The van der Waals surface area contributed by atoms with E-state index in [4.69, 9.17) is 0 Å². The van der Waals surface area contributed by atoms with Crippen molar-refractivity contribution < 1.29 is 4.79 Å². The van der Waals surface area contributed by atoms with Gasteiger partial charge in [-0.1, -0.05) is 6.07 Å². The second-order valence-electron chi connectivity index (χ2n) is 2.77. The van der Waals surface area contributed by atoms with E-state index in [-0.39, 0.29) is 5.91 Å². The van der Waals surface area contributed by atoms with Crippen LogP contribution in [-0.4, -0.2) is 22.1 Å². The molecule has 0 N–H and O–H groups in total. The Bertz CT molecular complexity index is 334. The van der Waals surface area contributed by atoms with E-state index in [1.807, 2.05) is 18.2 Å². The number of nitrogens with zero attached hydrogens (tertiary/aromatic N) is 3. The predicted molar refractivity (Wildman–Crippen MR) is 47.9 cm³/mol. The number of hydrogen-bond donors (Lipinski definition) is 0. The molecule has 0 radical (unpaired) electrons. The van der Waals surface area contributed by atoms with Crippen molar-refractivity contribution in [2.24, 2.45) is 5.10 Å². The van der Waals surface area contributed by atoms with Gasteiger partial charge in [0.25, 0.3) is 0 Å². The molecule has 13 heavy (non-hydrogen) atoms. The Morgan fingerprint density at radius 1 is 1.46 bits per heavy atom.